The first-order valence-corrected chi connectivity index (χ1v) is 9.43. The molecule has 29 heavy (non-hydrogen) atoms. The van der Waals surface area contributed by atoms with Gasteiger partial charge in [-0.05, 0) is 42.8 Å². The molecule has 1 fully saturated rings. The second-order valence-corrected chi connectivity index (χ2v) is 7.08. The van der Waals surface area contributed by atoms with Crippen LogP contribution in [0.5, 0.6) is 0 Å². The first kappa shape index (κ1) is 18.9. The lowest BCUT2D eigenvalue weighted by Gasteiger charge is -2.17. The largest absolute Gasteiger partial charge is 0.312 e. The van der Waals surface area contributed by atoms with E-state index in [2.05, 4.69) is 15.8 Å². The zero-order chi connectivity index (χ0) is 20.4. The summed E-state index contributed by atoms with van der Waals surface area (Å²) < 4.78 is 0. The molecule has 1 aliphatic heterocycles. The molecular formula is C21H17ClN4O3. The minimum absolute atomic E-state index is 0.171. The maximum absolute atomic E-state index is 12.6. The highest BCUT2D eigenvalue weighted by Gasteiger charge is 2.37. The van der Waals surface area contributed by atoms with Crippen LogP contribution in [0.15, 0.2) is 60.7 Å². The summed E-state index contributed by atoms with van der Waals surface area (Å²) in [6, 6.07) is 17.6. The van der Waals surface area contributed by atoms with Gasteiger partial charge in [0.25, 0.3) is 11.8 Å². The van der Waals surface area contributed by atoms with E-state index in [-0.39, 0.29) is 11.6 Å². The van der Waals surface area contributed by atoms with Crippen molar-refractivity contribution in [2.75, 3.05) is 11.4 Å². The van der Waals surface area contributed by atoms with E-state index in [9.17, 15) is 14.4 Å². The van der Waals surface area contributed by atoms with Crippen LogP contribution in [-0.4, -0.2) is 29.3 Å². The van der Waals surface area contributed by atoms with Crippen molar-refractivity contribution in [2.24, 2.45) is 5.92 Å². The van der Waals surface area contributed by atoms with Gasteiger partial charge in [0.05, 0.1) is 5.52 Å². The van der Waals surface area contributed by atoms with Crippen molar-refractivity contribution in [1.82, 2.24) is 15.8 Å². The van der Waals surface area contributed by atoms with Crippen molar-refractivity contribution in [3.63, 3.8) is 0 Å². The molecule has 0 aliphatic carbocycles. The Morgan fingerprint density at radius 2 is 1.76 bits per heavy atom. The van der Waals surface area contributed by atoms with Crippen LogP contribution in [0.3, 0.4) is 0 Å². The average molecular weight is 409 g/mol. The molecule has 1 aliphatic rings. The predicted octanol–water partition coefficient (Wildman–Crippen LogP) is 2.70. The standard InChI is InChI=1S/C21H17ClN4O3/c22-14-6-8-15(9-7-14)26-12-11-16(21(26)29)19(27)24-25-20(28)18-10-5-13-3-1-2-4-17(13)23-18/h1-10,16H,11-12H2,(H,24,27)(H,25,28). The first-order chi connectivity index (χ1) is 14.0. The summed E-state index contributed by atoms with van der Waals surface area (Å²) in [5.74, 6) is -2.29. The molecule has 8 heteroatoms. The Kier molecular flexibility index (Phi) is 5.14. The molecule has 1 atom stereocenters. The van der Waals surface area contributed by atoms with Gasteiger partial charge in [0.2, 0.25) is 5.91 Å². The highest BCUT2D eigenvalue weighted by molar-refractivity contribution is 6.30. The van der Waals surface area contributed by atoms with Crippen LogP contribution in [-0.2, 0) is 9.59 Å². The summed E-state index contributed by atoms with van der Waals surface area (Å²) in [5.41, 5.74) is 6.20. The van der Waals surface area contributed by atoms with Gasteiger partial charge in [-0.25, -0.2) is 4.98 Å². The number of anilines is 1. The van der Waals surface area contributed by atoms with Crippen LogP contribution in [0.2, 0.25) is 5.02 Å². The maximum Gasteiger partial charge on any atom is 0.288 e. The lowest BCUT2D eigenvalue weighted by Crippen LogP contribution is -2.46. The summed E-state index contributed by atoms with van der Waals surface area (Å²) in [6.45, 7) is 0.415. The SMILES string of the molecule is O=C(NNC(=O)C1CCN(c2ccc(Cl)cc2)C1=O)c1ccc2ccccc2n1. The van der Waals surface area contributed by atoms with Gasteiger partial charge in [-0.3, -0.25) is 25.2 Å². The normalized spacial score (nSPS) is 16.1. The number of benzene rings is 2. The smallest absolute Gasteiger partial charge is 0.288 e. The van der Waals surface area contributed by atoms with Gasteiger partial charge in [0.1, 0.15) is 11.6 Å². The third kappa shape index (κ3) is 3.90. The Morgan fingerprint density at radius 1 is 1.00 bits per heavy atom. The second kappa shape index (κ2) is 7.89. The number of amides is 3. The molecule has 3 amide bonds. The Bertz CT molecular complexity index is 1100. The monoisotopic (exact) mass is 408 g/mol. The van der Waals surface area contributed by atoms with Gasteiger partial charge in [-0.1, -0.05) is 35.9 Å². The quantitative estimate of drug-likeness (QED) is 0.515. The molecule has 2 aromatic carbocycles. The maximum atomic E-state index is 12.6. The Hall–Kier alpha value is -3.45. The van der Waals surface area contributed by atoms with E-state index < -0.39 is 17.7 Å². The molecule has 1 aromatic heterocycles. The second-order valence-electron chi connectivity index (χ2n) is 6.64. The number of carbonyl (C=O) groups excluding carboxylic acids is 3. The zero-order valence-electron chi connectivity index (χ0n) is 15.3. The van der Waals surface area contributed by atoms with Crippen LogP contribution in [0.1, 0.15) is 16.9 Å². The van der Waals surface area contributed by atoms with E-state index in [1.165, 1.54) is 4.90 Å². The van der Waals surface area contributed by atoms with Gasteiger partial charge in [0, 0.05) is 22.6 Å². The summed E-state index contributed by atoms with van der Waals surface area (Å²) in [5, 5.41) is 1.48. The highest BCUT2D eigenvalue weighted by Crippen LogP contribution is 2.26. The molecule has 1 saturated heterocycles. The van der Waals surface area contributed by atoms with Crippen molar-refractivity contribution < 1.29 is 14.4 Å². The van der Waals surface area contributed by atoms with E-state index in [0.717, 1.165) is 5.39 Å². The number of pyridine rings is 1. The van der Waals surface area contributed by atoms with Gasteiger partial charge >= 0.3 is 0 Å². The zero-order valence-corrected chi connectivity index (χ0v) is 16.0. The molecule has 0 radical (unpaired) electrons. The number of fused-ring (bicyclic) bond motifs is 1. The minimum Gasteiger partial charge on any atom is -0.312 e. The first-order valence-electron chi connectivity index (χ1n) is 9.06. The molecular weight excluding hydrogens is 392 g/mol. The third-order valence-electron chi connectivity index (χ3n) is 4.79. The van der Waals surface area contributed by atoms with Crippen LogP contribution in [0.4, 0.5) is 5.69 Å². The van der Waals surface area contributed by atoms with E-state index in [1.54, 1.807) is 42.5 Å². The number of carbonyl (C=O) groups is 3. The van der Waals surface area contributed by atoms with Gasteiger partial charge < -0.3 is 4.90 Å². The van der Waals surface area contributed by atoms with Gasteiger partial charge in [-0.15, -0.1) is 0 Å². The van der Waals surface area contributed by atoms with E-state index >= 15 is 0 Å². The summed E-state index contributed by atoms with van der Waals surface area (Å²) >= 11 is 5.87. The molecule has 2 N–H and O–H groups in total. The number of halogens is 1. The summed E-state index contributed by atoms with van der Waals surface area (Å²) in [7, 11) is 0. The molecule has 1 unspecified atom stereocenters. The number of nitrogens with one attached hydrogen (secondary N) is 2. The Morgan fingerprint density at radius 3 is 2.55 bits per heavy atom. The van der Waals surface area contributed by atoms with E-state index in [1.807, 2.05) is 18.2 Å². The Labute approximate surface area is 171 Å². The predicted molar refractivity (Wildman–Crippen MR) is 109 cm³/mol. The van der Waals surface area contributed by atoms with Gasteiger partial charge in [-0.2, -0.15) is 0 Å². The van der Waals surface area contributed by atoms with Crippen molar-refractivity contribution in [1.29, 1.82) is 0 Å². The summed E-state index contributed by atoms with van der Waals surface area (Å²) in [4.78, 5) is 43.1. The number of hydrogen-bond donors (Lipinski definition) is 2. The van der Waals surface area contributed by atoms with Gasteiger partial charge in [0.15, 0.2) is 0 Å². The molecule has 0 bridgehead atoms. The van der Waals surface area contributed by atoms with E-state index in [0.29, 0.717) is 29.2 Å². The highest BCUT2D eigenvalue weighted by atomic mass is 35.5. The van der Waals surface area contributed by atoms with Crippen molar-refractivity contribution in [3.8, 4) is 0 Å². The number of hydrazine groups is 1. The van der Waals surface area contributed by atoms with Crippen molar-refractivity contribution in [2.45, 2.75) is 6.42 Å². The lowest BCUT2D eigenvalue weighted by molar-refractivity contribution is -0.132. The summed E-state index contributed by atoms with van der Waals surface area (Å²) in [6.07, 6.45) is 0.359. The van der Waals surface area contributed by atoms with Crippen LogP contribution >= 0.6 is 11.6 Å². The number of rotatable bonds is 3. The van der Waals surface area contributed by atoms with Crippen LogP contribution < -0.4 is 15.8 Å². The fraction of sp³-hybridized carbons (Fsp3) is 0.143. The number of hydrogen-bond acceptors (Lipinski definition) is 4. The molecule has 146 valence electrons. The fourth-order valence-corrected chi connectivity index (χ4v) is 3.39. The van der Waals surface area contributed by atoms with Crippen LogP contribution in [0.25, 0.3) is 10.9 Å². The molecule has 0 saturated carbocycles. The molecule has 2 heterocycles. The van der Waals surface area contributed by atoms with Crippen molar-refractivity contribution >= 4 is 45.9 Å². The van der Waals surface area contributed by atoms with E-state index in [4.69, 9.17) is 11.6 Å². The fourth-order valence-electron chi connectivity index (χ4n) is 3.26. The third-order valence-corrected chi connectivity index (χ3v) is 5.04. The molecule has 0 spiro atoms. The minimum atomic E-state index is -0.865. The molecule has 7 nitrogen and oxygen atoms in total. The topological polar surface area (TPSA) is 91.4 Å². The number of nitrogens with zero attached hydrogens (tertiary/aromatic N) is 2. The number of para-hydroxylation sites is 1. The van der Waals surface area contributed by atoms with Crippen molar-refractivity contribution in [3.05, 3.63) is 71.4 Å². The number of aromatic nitrogens is 1. The Balaban J connectivity index is 1.38. The lowest BCUT2D eigenvalue weighted by atomic mass is 10.1. The molecule has 3 aromatic rings. The average Bonchev–Trinajstić information content (AvgIpc) is 3.13. The van der Waals surface area contributed by atoms with Crippen LogP contribution in [0, 0.1) is 5.92 Å². The molecule has 4 rings (SSSR count).